The van der Waals surface area contributed by atoms with E-state index in [1.165, 1.54) is 32.3 Å². The fourth-order valence-electron chi connectivity index (χ4n) is 2.44. The highest BCUT2D eigenvalue weighted by atomic mass is 19.1. The molecule has 132 valence electrons. The lowest BCUT2D eigenvalue weighted by Crippen LogP contribution is -2.17. The van der Waals surface area contributed by atoms with E-state index in [-0.39, 0.29) is 11.1 Å². The molecule has 1 amide bonds. The van der Waals surface area contributed by atoms with Crippen LogP contribution >= 0.6 is 0 Å². The molecule has 0 spiro atoms. The van der Waals surface area contributed by atoms with Crippen LogP contribution in [0.4, 0.5) is 15.8 Å². The summed E-state index contributed by atoms with van der Waals surface area (Å²) in [6, 6.07) is 5.02. The van der Waals surface area contributed by atoms with Crippen molar-refractivity contribution in [2.45, 2.75) is 26.2 Å². The summed E-state index contributed by atoms with van der Waals surface area (Å²) in [7, 11) is 1.25. The first-order valence-electron chi connectivity index (χ1n) is 7.87. The number of nitriles is 1. The maximum absolute atomic E-state index is 14.4. The molecule has 7 heteroatoms. The predicted octanol–water partition coefficient (Wildman–Crippen LogP) is 3.08. The van der Waals surface area contributed by atoms with Crippen LogP contribution in [0.2, 0.25) is 0 Å². The van der Waals surface area contributed by atoms with Crippen molar-refractivity contribution in [2.24, 2.45) is 5.41 Å². The van der Waals surface area contributed by atoms with Crippen LogP contribution in [0.1, 0.15) is 31.7 Å². The van der Waals surface area contributed by atoms with Gasteiger partial charge in [0.25, 0.3) is 0 Å². The molecular weight excluding hydrogens is 325 g/mol. The standard InChI is InChI=1S/C18H20FN3O3/c1-12(23)22-17-14(19)9-13(3-4-16(24)25-2)10-15(17)21-11-18(5-6-18)7-8-20/h3-4,9-10,21H,5-7,11H2,1-2H3,(H,22,23)/b4-3+. The molecule has 1 aromatic rings. The number of carbonyl (C=O) groups excluding carboxylic acids is 2. The quantitative estimate of drug-likeness (QED) is 0.585. The molecule has 0 radical (unpaired) electrons. The minimum absolute atomic E-state index is 0.0514. The van der Waals surface area contributed by atoms with Gasteiger partial charge < -0.3 is 15.4 Å². The predicted molar refractivity (Wildman–Crippen MR) is 92.1 cm³/mol. The van der Waals surface area contributed by atoms with E-state index in [4.69, 9.17) is 5.26 Å². The third kappa shape index (κ3) is 5.05. The van der Waals surface area contributed by atoms with Crippen LogP contribution in [-0.4, -0.2) is 25.5 Å². The topological polar surface area (TPSA) is 91.2 Å². The van der Waals surface area contributed by atoms with Crippen LogP contribution in [-0.2, 0) is 14.3 Å². The number of hydrogen-bond donors (Lipinski definition) is 2. The summed E-state index contributed by atoms with van der Waals surface area (Å²) in [6.07, 6.45) is 4.93. The Bertz CT molecular complexity index is 749. The van der Waals surface area contributed by atoms with Gasteiger partial charge in [0.05, 0.1) is 18.9 Å². The largest absolute Gasteiger partial charge is 0.466 e. The van der Waals surface area contributed by atoms with Gasteiger partial charge in [-0.1, -0.05) is 0 Å². The average Bonchev–Trinajstić information content (AvgIpc) is 3.33. The first-order chi connectivity index (χ1) is 11.9. The van der Waals surface area contributed by atoms with Crippen LogP contribution in [0.15, 0.2) is 18.2 Å². The van der Waals surface area contributed by atoms with E-state index in [0.717, 1.165) is 12.8 Å². The van der Waals surface area contributed by atoms with Gasteiger partial charge in [0.15, 0.2) is 0 Å². The fraction of sp³-hybridized carbons (Fsp3) is 0.389. The Morgan fingerprint density at radius 3 is 2.72 bits per heavy atom. The first-order valence-corrected chi connectivity index (χ1v) is 7.87. The van der Waals surface area contributed by atoms with Gasteiger partial charge in [0.1, 0.15) is 11.5 Å². The van der Waals surface area contributed by atoms with Gasteiger partial charge in [-0.2, -0.15) is 5.26 Å². The maximum atomic E-state index is 14.4. The molecule has 1 aromatic carbocycles. The first kappa shape index (κ1) is 18.5. The van der Waals surface area contributed by atoms with E-state index < -0.39 is 17.7 Å². The smallest absolute Gasteiger partial charge is 0.330 e. The molecule has 1 saturated carbocycles. The van der Waals surface area contributed by atoms with Crippen molar-refractivity contribution in [3.63, 3.8) is 0 Å². The van der Waals surface area contributed by atoms with Gasteiger partial charge >= 0.3 is 5.97 Å². The number of hydrogen-bond acceptors (Lipinski definition) is 5. The molecule has 0 unspecified atom stereocenters. The number of amides is 1. The summed E-state index contributed by atoms with van der Waals surface area (Å²) in [4.78, 5) is 22.5. The van der Waals surface area contributed by atoms with Gasteiger partial charge in [-0.25, -0.2) is 9.18 Å². The molecule has 25 heavy (non-hydrogen) atoms. The van der Waals surface area contributed by atoms with Crippen LogP contribution < -0.4 is 10.6 Å². The van der Waals surface area contributed by atoms with Crippen molar-refractivity contribution in [2.75, 3.05) is 24.3 Å². The molecule has 1 aliphatic carbocycles. The molecule has 2 rings (SSSR count). The van der Waals surface area contributed by atoms with Crippen molar-refractivity contribution < 1.29 is 18.7 Å². The Hall–Kier alpha value is -2.88. The van der Waals surface area contributed by atoms with Gasteiger partial charge in [-0.3, -0.25) is 4.79 Å². The van der Waals surface area contributed by atoms with Gasteiger partial charge in [-0.15, -0.1) is 0 Å². The van der Waals surface area contributed by atoms with E-state index >= 15 is 0 Å². The highest BCUT2D eigenvalue weighted by molar-refractivity contribution is 5.94. The molecule has 0 atom stereocenters. The number of carbonyl (C=O) groups is 2. The van der Waals surface area contributed by atoms with E-state index in [1.807, 2.05) is 0 Å². The number of methoxy groups -OCH3 is 1. The number of esters is 1. The lowest BCUT2D eigenvalue weighted by Gasteiger charge is -2.18. The molecule has 0 heterocycles. The lowest BCUT2D eigenvalue weighted by molar-refractivity contribution is -0.134. The zero-order chi connectivity index (χ0) is 18.4. The lowest BCUT2D eigenvalue weighted by atomic mass is 10.0. The SMILES string of the molecule is COC(=O)/C=C/c1cc(F)c(NC(C)=O)c(NCC2(CC#N)CC2)c1. The molecule has 1 aliphatic rings. The molecule has 0 aromatic heterocycles. The normalized spacial score (nSPS) is 14.6. The summed E-state index contributed by atoms with van der Waals surface area (Å²) in [5, 5.41) is 14.5. The maximum Gasteiger partial charge on any atom is 0.330 e. The van der Waals surface area contributed by atoms with Crippen molar-refractivity contribution in [1.82, 2.24) is 0 Å². The summed E-state index contributed by atoms with van der Waals surface area (Å²) in [6.45, 7) is 1.81. The highest BCUT2D eigenvalue weighted by Gasteiger charge is 2.42. The molecule has 1 fully saturated rings. The zero-order valence-corrected chi connectivity index (χ0v) is 14.2. The Balaban J connectivity index is 2.27. The molecule has 0 bridgehead atoms. The Morgan fingerprint density at radius 1 is 1.44 bits per heavy atom. The molecule has 0 saturated heterocycles. The second-order valence-electron chi connectivity index (χ2n) is 6.15. The Kier molecular flexibility index (Phi) is 5.75. The number of rotatable bonds is 7. The van der Waals surface area contributed by atoms with Gasteiger partial charge in [0, 0.05) is 31.4 Å². The molecule has 0 aliphatic heterocycles. The average molecular weight is 345 g/mol. The number of halogens is 1. The number of benzene rings is 1. The summed E-state index contributed by atoms with van der Waals surface area (Å²) >= 11 is 0. The third-order valence-electron chi connectivity index (χ3n) is 4.09. The van der Waals surface area contributed by atoms with Crippen LogP contribution in [0.5, 0.6) is 0 Å². The molecule has 6 nitrogen and oxygen atoms in total. The number of ether oxygens (including phenoxy) is 1. The molecule has 2 N–H and O–H groups in total. The Labute approximate surface area is 145 Å². The summed E-state index contributed by atoms with van der Waals surface area (Å²) < 4.78 is 18.9. The van der Waals surface area contributed by atoms with E-state index in [1.54, 1.807) is 6.07 Å². The minimum atomic E-state index is -0.616. The highest BCUT2D eigenvalue weighted by Crippen LogP contribution is 2.48. The number of nitrogens with one attached hydrogen (secondary N) is 2. The van der Waals surface area contributed by atoms with E-state index in [2.05, 4.69) is 21.4 Å². The van der Waals surface area contributed by atoms with E-state index in [0.29, 0.717) is 24.2 Å². The number of nitrogens with zero attached hydrogens (tertiary/aromatic N) is 1. The van der Waals surface area contributed by atoms with E-state index in [9.17, 15) is 14.0 Å². The third-order valence-corrected chi connectivity index (χ3v) is 4.09. The van der Waals surface area contributed by atoms with Crippen LogP contribution in [0.3, 0.4) is 0 Å². The summed E-state index contributed by atoms with van der Waals surface area (Å²) in [5.41, 5.74) is 0.820. The fourth-order valence-corrected chi connectivity index (χ4v) is 2.44. The zero-order valence-electron chi connectivity index (χ0n) is 14.2. The molecular formula is C18H20FN3O3. The minimum Gasteiger partial charge on any atom is -0.466 e. The monoisotopic (exact) mass is 345 g/mol. The summed E-state index contributed by atoms with van der Waals surface area (Å²) in [5.74, 6) is -1.56. The van der Waals surface area contributed by atoms with Crippen molar-refractivity contribution in [1.29, 1.82) is 5.26 Å². The van der Waals surface area contributed by atoms with Crippen molar-refractivity contribution in [3.05, 3.63) is 29.6 Å². The van der Waals surface area contributed by atoms with Gasteiger partial charge in [-0.05, 0) is 36.6 Å². The number of anilines is 2. The van der Waals surface area contributed by atoms with Crippen molar-refractivity contribution >= 4 is 29.3 Å². The second-order valence-corrected chi connectivity index (χ2v) is 6.15. The Morgan fingerprint density at radius 2 is 2.16 bits per heavy atom. The van der Waals surface area contributed by atoms with Crippen LogP contribution in [0.25, 0.3) is 6.08 Å². The second kappa shape index (κ2) is 7.79. The van der Waals surface area contributed by atoms with Crippen LogP contribution in [0, 0.1) is 22.6 Å². The van der Waals surface area contributed by atoms with Gasteiger partial charge in [0.2, 0.25) is 5.91 Å². The van der Waals surface area contributed by atoms with Crippen molar-refractivity contribution in [3.8, 4) is 6.07 Å².